The van der Waals surface area contributed by atoms with Gasteiger partial charge in [-0.1, -0.05) is 30.3 Å². The van der Waals surface area contributed by atoms with Gasteiger partial charge in [0.1, 0.15) is 0 Å². The van der Waals surface area contributed by atoms with Crippen LogP contribution in [0.25, 0.3) is 0 Å². The molecule has 110 valence electrons. The highest BCUT2D eigenvalue weighted by molar-refractivity contribution is 5.94. The number of amides is 1. The van der Waals surface area contributed by atoms with E-state index >= 15 is 0 Å². The third kappa shape index (κ3) is 2.83. The molecule has 1 aliphatic heterocycles. The Bertz CT molecular complexity index is 622. The van der Waals surface area contributed by atoms with E-state index in [1.807, 2.05) is 37.3 Å². The van der Waals surface area contributed by atoms with Gasteiger partial charge in [0.2, 0.25) is 0 Å². The van der Waals surface area contributed by atoms with E-state index in [4.69, 9.17) is 4.74 Å². The van der Waals surface area contributed by atoms with Crippen molar-refractivity contribution in [3.05, 3.63) is 52.8 Å². The van der Waals surface area contributed by atoms with Gasteiger partial charge < -0.3 is 9.64 Å². The fourth-order valence-corrected chi connectivity index (χ4v) is 2.57. The Morgan fingerprint density at radius 2 is 2.19 bits per heavy atom. The number of aromatic amines is 1. The summed E-state index contributed by atoms with van der Waals surface area (Å²) in [7, 11) is 0. The molecule has 1 aromatic heterocycles. The standard InChI is InChI=1S/C16H19N3O2/c1-2-19(10-12-6-4-3-5-7-12)16(20)15-13-11-21-9-8-14(13)17-18-15/h3-7H,2,8-11H2,1H3,(H,17,18). The van der Waals surface area contributed by atoms with Crippen molar-refractivity contribution in [3.8, 4) is 0 Å². The van der Waals surface area contributed by atoms with E-state index < -0.39 is 0 Å². The summed E-state index contributed by atoms with van der Waals surface area (Å²) in [5, 5.41) is 7.18. The highest BCUT2D eigenvalue weighted by atomic mass is 16.5. The maximum atomic E-state index is 12.7. The third-order valence-corrected chi connectivity index (χ3v) is 3.78. The van der Waals surface area contributed by atoms with Crippen LogP contribution in [-0.4, -0.2) is 34.2 Å². The van der Waals surface area contributed by atoms with E-state index in [1.54, 1.807) is 4.90 Å². The van der Waals surface area contributed by atoms with E-state index in [1.165, 1.54) is 0 Å². The number of benzene rings is 1. The minimum absolute atomic E-state index is 0.0376. The summed E-state index contributed by atoms with van der Waals surface area (Å²) in [5.74, 6) is -0.0376. The summed E-state index contributed by atoms with van der Waals surface area (Å²) >= 11 is 0. The Morgan fingerprint density at radius 1 is 1.38 bits per heavy atom. The number of ether oxygens (including phenoxy) is 1. The molecular formula is C16H19N3O2. The van der Waals surface area contributed by atoms with Crippen LogP contribution in [0.4, 0.5) is 0 Å². The largest absolute Gasteiger partial charge is 0.376 e. The average Bonchev–Trinajstić information content (AvgIpc) is 2.97. The van der Waals surface area contributed by atoms with E-state index in [-0.39, 0.29) is 5.91 Å². The van der Waals surface area contributed by atoms with Crippen LogP contribution >= 0.6 is 0 Å². The van der Waals surface area contributed by atoms with Gasteiger partial charge in [-0.05, 0) is 12.5 Å². The number of aromatic nitrogens is 2. The molecule has 1 amide bonds. The maximum Gasteiger partial charge on any atom is 0.275 e. The normalized spacial score (nSPS) is 13.8. The van der Waals surface area contributed by atoms with Gasteiger partial charge in [-0.2, -0.15) is 5.10 Å². The molecule has 0 atom stereocenters. The molecule has 1 aliphatic rings. The van der Waals surface area contributed by atoms with Crippen LogP contribution in [0.15, 0.2) is 30.3 Å². The first-order valence-electron chi connectivity index (χ1n) is 7.26. The lowest BCUT2D eigenvalue weighted by Gasteiger charge is -2.21. The van der Waals surface area contributed by atoms with Crippen molar-refractivity contribution in [3.63, 3.8) is 0 Å². The summed E-state index contributed by atoms with van der Waals surface area (Å²) in [5.41, 5.74) is 3.56. The number of fused-ring (bicyclic) bond motifs is 1. The number of rotatable bonds is 4. The van der Waals surface area contributed by atoms with Gasteiger partial charge >= 0.3 is 0 Å². The number of nitrogens with zero attached hydrogens (tertiary/aromatic N) is 2. The highest BCUT2D eigenvalue weighted by Gasteiger charge is 2.25. The molecule has 0 aliphatic carbocycles. The zero-order valence-electron chi connectivity index (χ0n) is 12.1. The van der Waals surface area contributed by atoms with Crippen molar-refractivity contribution in [1.29, 1.82) is 0 Å². The number of hydrogen-bond acceptors (Lipinski definition) is 3. The summed E-state index contributed by atoms with van der Waals surface area (Å²) in [4.78, 5) is 14.5. The number of hydrogen-bond donors (Lipinski definition) is 1. The number of nitrogens with one attached hydrogen (secondary N) is 1. The minimum Gasteiger partial charge on any atom is -0.376 e. The highest BCUT2D eigenvalue weighted by Crippen LogP contribution is 2.20. The molecule has 0 fully saturated rings. The Hall–Kier alpha value is -2.14. The molecule has 0 saturated heterocycles. The van der Waals surface area contributed by atoms with Crippen molar-refractivity contribution in [2.75, 3.05) is 13.2 Å². The van der Waals surface area contributed by atoms with Crippen LogP contribution in [-0.2, 0) is 24.3 Å². The molecule has 3 rings (SSSR count). The minimum atomic E-state index is -0.0376. The SMILES string of the molecule is CCN(Cc1ccccc1)C(=O)c1n[nH]c2c1COCC2. The predicted molar refractivity (Wildman–Crippen MR) is 78.8 cm³/mol. The van der Waals surface area contributed by atoms with Crippen molar-refractivity contribution >= 4 is 5.91 Å². The second-order valence-electron chi connectivity index (χ2n) is 5.14. The van der Waals surface area contributed by atoms with E-state index in [0.29, 0.717) is 32.0 Å². The van der Waals surface area contributed by atoms with Crippen LogP contribution < -0.4 is 0 Å². The van der Waals surface area contributed by atoms with Gasteiger partial charge in [0.15, 0.2) is 5.69 Å². The van der Waals surface area contributed by atoms with Gasteiger partial charge in [-0.25, -0.2) is 0 Å². The molecule has 0 bridgehead atoms. The van der Waals surface area contributed by atoms with Gasteiger partial charge in [0.05, 0.1) is 13.2 Å². The fourth-order valence-electron chi connectivity index (χ4n) is 2.57. The van der Waals surface area contributed by atoms with Crippen molar-refractivity contribution in [1.82, 2.24) is 15.1 Å². The summed E-state index contributed by atoms with van der Waals surface area (Å²) < 4.78 is 5.45. The van der Waals surface area contributed by atoms with Crippen LogP contribution in [0.5, 0.6) is 0 Å². The summed E-state index contributed by atoms with van der Waals surface area (Å²) in [6.45, 7) is 4.38. The number of H-pyrrole nitrogens is 1. The molecule has 2 heterocycles. The molecule has 5 nitrogen and oxygen atoms in total. The molecule has 21 heavy (non-hydrogen) atoms. The third-order valence-electron chi connectivity index (χ3n) is 3.78. The molecule has 0 spiro atoms. The Morgan fingerprint density at radius 3 is 2.95 bits per heavy atom. The molecule has 0 saturated carbocycles. The molecule has 0 radical (unpaired) electrons. The quantitative estimate of drug-likeness (QED) is 0.936. The second-order valence-corrected chi connectivity index (χ2v) is 5.14. The lowest BCUT2D eigenvalue weighted by atomic mass is 10.1. The average molecular weight is 285 g/mol. The first kappa shape index (κ1) is 13.8. The van der Waals surface area contributed by atoms with Gasteiger partial charge in [0.25, 0.3) is 5.91 Å². The fraction of sp³-hybridized carbons (Fsp3) is 0.375. The predicted octanol–water partition coefficient (Wildman–Crippen LogP) is 2.14. The lowest BCUT2D eigenvalue weighted by Crippen LogP contribution is -2.31. The molecule has 1 N–H and O–H groups in total. The van der Waals surface area contributed by atoms with Gasteiger partial charge in [-0.15, -0.1) is 0 Å². The first-order chi connectivity index (χ1) is 10.3. The van der Waals surface area contributed by atoms with Crippen LogP contribution in [0.3, 0.4) is 0 Å². The number of carbonyl (C=O) groups is 1. The first-order valence-corrected chi connectivity index (χ1v) is 7.26. The second kappa shape index (κ2) is 6.10. The Kier molecular flexibility index (Phi) is 4.01. The maximum absolute atomic E-state index is 12.7. The van der Waals surface area contributed by atoms with Gasteiger partial charge in [0, 0.05) is 30.8 Å². The van der Waals surface area contributed by atoms with Crippen LogP contribution in [0, 0.1) is 0 Å². The molecule has 1 aromatic carbocycles. The lowest BCUT2D eigenvalue weighted by molar-refractivity contribution is 0.0733. The zero-order valence-corrected chi connectivity index (χ0v) is 12.1. The number of carbonyl (C=O) groups excluding carboxylic acids is 1. The molecule has 5 heteroatoms. The van der Waals surface area contributed by atoms with E-state index in [9.17, 15) is 4.79 Å². The van der Waals surface area contributed by atoms with E-state index in [0.717, 1.165) is 23.2 Å². The summed E-state index contributed by atoms with van der Waals surface area (Å²) in [6.07, 6.45) is 0.792. The van der Waals surface area contributed by atoms with Gasteiger partial charge in [-0.3, -0.25) is 9.89 Å². The van der Waals surface area contributed by atoms with Crippen LogP contribution in [0.2, 0.25) is 0 Å². The monoisotopic (exact) mass is 285 g/mol. The van der Waals surface area contributed by atoms with Crippen molar-refractivity contribution < 1.29 is 9.53 Å². The van der Waals surface area contributed by atoms with E-state index in [2.05, 4.69) is 10.2 Å². The Labute approximate surface area is 123 Å². The zero-order chi connectivity index (χ0) is 14.7. The van der Waals surface area contributed by atoms with Crippen molar-refractivity contribution in [2.45, 2.75) is 26.5 Å². The summed E-state index contributed by atoms with van der Waals surface area (Å²) in [6, 6.07) is 10.00. The molecule has 2 aromatic rings. The Balaban J connectivity index is 1.81. The topological polar surface area (TPSA) is 58.2 Å². The molecule has 0 unspecified atom stereocenters. The molecular weight excluding hydrogens is 266 g/mol. The smallest absolute Gasteiger partial charge is 0.275 e. The van der Waals surface area contributed by atoms with Crippen LogP contribution in [0.1, 0.15) is 34.2 Å². The van der Waals surface area contributed by atoms with Crippen molar-refractivity contribution in [2.24, 2.45) is 0 Å².